The molecule has 0 aromatic heterocycles. The Labute approximate surface area is 122 Å². The summed E-state index contributed by atoms with van der Waals surface area (Å²) in [6.45, 7) is 1.40. The third kappa shape index (κ3) is 3.29. The van der Waals surface area contributed by atoms with Crippen molar-refractivity contribution in [3.63, 3.8) is 0 Å². The highest BCUT2D eigenvalue weighted by Crippen LogP contribution is 2.32. The van der Waals surface area contributed by atoms with Crippen LogP contribution in [0.3, 0.4) is 0 Å². The quantitative estimate of drug-likeness (QED) is 0.802. The fourth-order valence-electron chi connectivity index (χ4n) is 2.32. The maximum absolute atomic E-state index is 12.1. The molecule has 5 nitrogen and oxygen atoms in total. The molecule has 1 fully saturated rings. The Hall–Kier alpha value is -1.59. The predicted molar refractivity (Wildman–Crippen MR) is 77.8 cm³/mol. The van der Waals surface area contributed by atoms with Crippen LogP contribution >= 0.6 is 11.6 Å². The molecule has 2 rings (SSSR count). The lowest BCUT2D eigenvalue weighted by Crippen LogP contribution is -2.40. The van der Waals surface area contributed by atoms with Crippen molar-refractivity contribution in [3.8, 4) is 0 Å². The van der Waals surface area contributed by atoms with Crippen LogP contribution in [0.2, 0.25) is 5.02 Å². The van der Waals surface area contributed by atoms with Crippen LogP contribution in [0.1, 0.15) is 32.6 Å². The zero-order chi connectivity index (χ0) is 14.8. The molecule has 0 heterocycles. The number of carbonyl (C=O) groups excluding carboxylic acids is 2. The summed E-state index contributed by atoms with van der Waals surface area (Å²) < 4.78 is 0. The van der Waals surface area contributed by atoms with Gasteiger partial charge >= 0.3 is 0 Å². The molecular formula is C14H17ClN2O3. The normalized spacial score (nSPS) is 16.8. The maximum atomic E-state index is 12.1. The first kappa shape index (κ1) is 14.8. The van der Waals surface area contributed by atoms with Gasteiger partial charge in [-0.05, 0) is 43.9 Å². The van der Waals surface area contributed by atoms with Crippen LogP contribution < -0.4 is 10.6 Å². The van der Waals surface area contributed by atoms with Gasteiger partial charge in [-0.1, -0.05) is 11.6 Å². The molecule has 1 aliphatic carbocycles. The topological polar surface area (TPSA) is 78.4 Å². The highest BCUT2D eigenvalue weighted by molar-refractivity contribution is 6.34. The Morgan fingerprint density at radius 1 is 1.25 bits per heavy atom. The van der Waals surface area contributed by atoms with Gasteiger partial charge in [0.1, 0.15) is 5.60 Å². The molecule has 0 aliphatic heterocycles. The van der Waals surface area contributed by atoms with Gasteiger partial charge < -0.3 is 15.7 Å². The van der Waals surface area contributed by atoms with Crippen LogP contribution in [-0.4, -0.2) is 22.5 Å². The molecule has 2 amide bonds. The van der Waals surface area contributed by atoms with E-state index in [1.165, 1.54) is 6.92 Å². The molecule has 108 valence electrons. The average Bonchev–Trinajstić information content (AvgIpc) is 2.80. The van der Waals surface area contributed by atoms with Crippen molar-refractivity contribution in [2.24, 2.45) is 0 Å². The van der Waals surface area contributed by atoms with Gasteiger partial charge in [0, 0.05) is 12.6 Å². The highest BCUT2D eigenvalue weighted by Gasteiger charge is 2.38. The second-order valence-electron chi connectivity index (χ2n) is 5.07. The van der Waals surface area contributed by atoms with Crippen molar-refractivity contribution in [3.05, 3.63) is 23.2 Å². The summed E-state index contributed by atoms with van der Waals surface area (Å²) >= 11 is 6.06. The molecule has 6 heteroatoms. The van der Waals surface area contributed by atoms with Gasteiger partial charge in [0.15, 0.2) is 0 Å². The van der Waals surface area contributed by atoms with E-state index in [9.17, 15) is 14.7 Å². The molecule has 1 aromatic carbocycles. The molecule has 0 atom stereocenters. The van der Waals surface area contributed by atoms with Gasteiger partial charge in [0.25, 0.3) is 5.91 Å². The third-order valence-electron chi connectivity index (χ3n) is 3.39. The molecule has 1 saturated carbocycles. The summed E-state index contributed by atoms with van der Waals surface area (Å²) in [5.41, 5.74) is -0.314. The summed E-state index contributed by atoms with van der Waals surface area (Å²) in [5, 5.41) is 15.7. The Bertz CT molecular complexity index is 539. The first-order valence-electron chi connectivity index (χ1n) is 6.52. The molecule has 0 saturated heterocycles. The molecular weight excluding hydrogens is 280 g/mol. The molecule has 0 spiro atoms. The van der Waals surface area contributed by atoms with Crippen molar-refractivity contribution in [2.45, 2.75) is 38.2 Å². The van der Waals surface area contributed by atoms with Crippen LogP contribution in [-0.2, 0) is 9.59 Å². The van der Waals surface area contributed by atoms with Crippen LogP contribution in [0, 0.1) is 0 Å². The summed E-state index contributed by atoms with van der Waals surface area (Å²) in [5.74, 6) is -0.623. The molecule has 0 unspecified atom stereocenters. The van der Waals surface area contributed by atoms with Crippen LogP contribution in [0.4, 0.5) is 11.4 Å². The number of nitrogens with one attached hydrogen (secondary N) is 2. The fourth-order valence-corrected chi connectivity index (χ4v) is 2.55. The van der Waals surface area contributed by atoms with Crippen molar-refractivity contribution < 1.29 is 14.7 Å². The SMILES string of the molecule is CC(=O)Nc1ccc(NC(=O)C2(O)CCCC2)c(Cl)c1. The smallest absolute Gasteiger partial charge is 0.256 e. The maximum Gasteiger partial charge on any atom is 0.256 e. The Kier molecular flexibility index (Phi) is 4.30. The van der Waals surface area contributed by atoms with E-state index in [4.69, 9.17) is 11.6 Å². The number of rotatable bonds is 3. The largest absolute Gasteiger partial charge is 0.380 e. The molecule has 0 bridgehead atoms. The summed E-state index contributed by atoms with van der Waals surface area (Å²) in [6, 6.07) is 4.79. The zero-order valence-corrected chi connectivity index (χ0v) is 12.0. The number of halogens is 1. The molecule has 1 aromatic rings. The van der Waals surface area contributed by atoms with E-state index >= 15 is 0 Å². The molecule has 0 radical (unpaired) electrons. The van der Waals surface area contributed by atoms with E-state index in [1.807, 2.05) is 0 Å². The summed E-state index contributed by atoms with van der Waals surface area (Å²) in [4.78, 5) is 23.0. The fraction of sp³-hybridized carbons (Fsp3) is 0.429. The van der Waals surface area contributed by atoms with E-state index in [0.717, 1.165) is 12.8 Å². The summed E-state index contributed by atoms with van der Waals surface area (Å²) in [7, 11) is 0. The lowest BCUT2D eigenvalue weighted by molar-refractivity contribution is -0.133. The minimum Gasteiger partial charge on any atom is -0.380 e. The van der Waals surface area contributed by atoms with E-state index in [-0.39, 0.29) is 5.91 Å². The van der Waals surface area contributed by atoms with Gasteiger partial charge in [0.2, 0.25) is 5.91 Å². The van der Waals surface area contributed by atoms with Crippen molar-refractivity contribution in [1.82, 2.24) is 0 Å². The van der Waals surface area contributed by atoms with Crippen LogP contribution in [0.15, 0.2) is 18.2 Å². The van der Waals surface area contributed by atoms with Crippen molar-refractivity contribution in [1.29, 1.82) is 0 Å². The minimum atomic E-state index is -1.29. The third-order valence-corrected chi connectivity index (χ3v) is 3.70. The second kappa shape index (κ2) is 5.81. The minimum absolute atomic E-state index is 0.196. The number of hydrogen-bond donors (Lipinski definition) is 3. The van der Waals surface area contributed by atoms with Gasteiger partial charge in [-0.3, -0.25) is 9.59 Å². The number of amides is 2. The number of carbonyl (C=O) groups is 2. The monoisotopic (exact) mass is 296 g/mol. The molecule has 1 aliphatic rings. The number of hydrogen-bond acceptors (Lipinski definition) is 3. The number of benzene rings is 1. The molecule has 20 heavy (non-hydrogen) atoms. The first-order chi connectivity index (χ1) is 9.40. The van der Waals surface area contributed by atoms with Crippen molar-refractivity contribution in [2.75, 3.05) is 10.6 Å². The van der Waals surface area contributed by atoms with E-state index in [0.29, 0.717) is 29.2 Å². The highest BCUT2D eigenvalue weighted by atomic mass is 35.5. The van der Waals surface area contributed by atoms with Crippen molar-refractivity contribution >= 4 is 34.8 Å². The standard InChI is InChI=1S/C14H17ClN2O3/c1-9(18)16-10-4-5-12(11(15)8-10)17-13(19)14(20)6-2-3-7-14/h4-5,8,20H,2-3,6-7H2,1H3,(H,16,18)(H,17,19). The average molecular weight is 297 g/mol. The summed E-state index contributed by atoms with van der Waals surface area (Å²) in [6.07, 6.45) is 2.64. The number of anilines is 2. The zero-order valence-electron chi connectivity index (χ0n) is 11.2. The van der Waals surface area contributed by atoms with Gasteiger partial charge in [0.05, 0.1) is 10.7 Å². The van der Waals surface area contributed by atoms with E-state index in [2.05, 4.69) is 10.6 Å². The second-order valence-corrected chi connectivity index (χ2v) is 5.48. The van der Waals surface area contributed by atoms with Gasteiger partial charge in [-0.2, -0.15) is 0 Å². The van der Waals surface area contributed by atoms with Crippen LogP contribution in [0.25, 0.3) is 0 Å². The van der Waals surface area contributed by atoms with Gasteiger partial charge in [-0.15, -0.1) is 0 Å². The lowest BCUT2D eigenvalue weighted by Gasteiger charge is -2.21. The Morgan fingerprint density at radius 3 is 2.45 bits per heavy atom. The Morgan fingerprint density at radius 2 is 1.90 bits per heavy atom. The van der Waals surface area contributed by atoms with Crippen LogP contribution in [0.5, 0.6) is 0 Å². The lowest BCUT2D eigenvalue weighted by atomic mass is 10.0. The first-order valence-corrected chi connectivity index (χ1v) is 6.89. The molecule has 3 N–H and O–H groups in total. The predicted octanol–water partition coefficient (Wildman–Crippen LogP) is 2.54. The Balaban J connectivity index is 2.10. The van der Waals surface area contributed by atoms with E-state index < -0.39 is 11.5 Å². The van der Waals surface area contributed by atoms with E-state index in [1.54, 1.807) is 18.2 Å². The van der Waals surface area contributed by atoms with Gasteiger partial charge in [-0.25, -0.2) is 0 Å². The number of aliphatic hydroxyl groups is 1.